The minimum Gasteiger partial charge on any atom is -0.425 e. The van der Waals surface area contributed by atoms with Crippen LogP contribution >= 0.6 is 0 Å². The largest absolute Gasteiger partial charge is 0.425 e. The standard InChI is InChI=1S/C13H24O4/c1-4-7-9-11(14)16-13(6-3)17-12(15)10-8-5-2/h13H,4-10H2,1-3H3. The maximum atomic E-state index is 11.4. The Morgan fingerprint density at radius 1 is 0.882 bits per heavy atom. The van der Waals surface area contributed by atoms with Gasteiger partial charge in [-0.3, -0.25) is 9.59 Å². The van der Waals surface area contributed by atoms with Gasteiger partial charge in [-0.25, -0.2) is 0 Å². The number of ether oxygens (including phenoxy) is 2. The highest BCUT2D eigenvalue weighted by Gasteiger charge is 2.16. The Labute approximate surface area is 104 Å². The zero-order valence-corrected chi connectivity index (χ0v) is 11.2. The fourth-order valence-electron chi connectivity index (χ4n) is 1.24. The SMILES string of the molecule is CCCCC(=O)OC(CC)OC(=O)CCCC. The van der Waals surface area contributed by atoms with Gasteiger partial charge in [-0.15, -0.1) is 0 Å². The van der Waals surface area contributed by atoms with Crippen LogP contribution in [-0.4, -0.2) is 18.2 Å². The third-order valence-corrected chi connectivity index (χ3v) is 2.33. The summed E-state index contributed by atoms with van der Waals surface area (Å²) in [5.74, 6) is -0.580. The van der Waals surface area contributed by atoms with E-state index in [1.807, 2.05) is 20.8 Å². The molecule has 17 heavy (non-hydrogen) atoms. The van der Waals surface area contributed by atoms with Crippen molar-refractivity contribution in [2.24, 2.45) is 0 Å². The van der Waals surface area contributed by atoms with Crippen molar-refractivity contribution >= 4 is 11.9 Å². The van der Waals surface area contributed by atoms with Gasteiger partial charge < -0.3 is 9.47 Å². The van der Waals surface area contributed by atoms with Gasteiger partial charge in [-0.05, 0) is 12.8 Å². The lowest BCUT2D eigenvalue weighted by Gasteiger charge is -2.16. The smallest absolute Gasteiger partial charge is 0.308 e. The Hall–Kier alpha value is -1.06. The molecule has 0 aromatic carbocycles. The quantitative estimate of drug-likeness (QED) is 0.461. The Kier molecular flexibility index (Phi) is 9.49. The van der Waals surface area contributed by atoms with E-state index < -0.39 is 6.29 Å². The summed E-state index contributed by atoms with van der Waals surface area (Å²) in [7, 11) is 0. The molecule has 0 bridgehead atoms. The fourth-order valence-corrected chi connectivity index (χ4v) is 1.24. The van der Waals surface area contributed by atoms with E-state index in [9.17, 15) is 9.59 Å². The highest BCUT2D eigenvalue weighted by Crippen LogP contribution is 2.07. The van der Waals surface area contributed by atoms with Crippen molar-refractivity contribution in [3.8, 4) is 0 Å². The summed E-state index contributed by atoms with van der Waals surface area (Å²) in [5.41, 5.74) is 0. The molecule has 4 nitrogen and oxygen atoms in total. The number of hydrogen-bond donors (Lipinski definition) is 0. The van der Waals surface area contributed by atoms with Crippen LogP contribution in [0.3, 0.4) is 0 Å². The van der Waals surface area contributed by atoms with Crippen LogP contribution < -0.4 is 0 Å². The van der Waals surface area contributed by atoms with Gasteiger partial charge in [0.15, 0.2) is 0 Å². The first-order valence-electron chi connectivity index (χ1n) is 6.52. The van der Waals surface area contributed by atoms with E-state index in [1.165, 1.54) is 0 Å². The van der Waals surface area contributed by atoms with E-state index in [1.54, 1.807) is 0 Å². The lowest BCUT2D eigenvalue weighted by Crippen LogP contribution is -2.23. The van der Waals surface area contributed by atoms with Gasteiger partial charge in [-0.1, -0.05) is 33.6 Å². The normalized spacial score (nSPS) is 10.4. The average molecular weight is 244 g/mol. The number of unbranched alkanes of at least 4 members (excludes halogenated alkanes) is 2. The van der Waals surface area contributed by atoms with Crippen molar-refractivity contribution in [2.45, 2.75) is 72.0 Å². The van der Waals surface area contributed by atoms with E-state index in [-0.39, 0.29) is 11.9 Å². The zero-order chi connectivity index (χ0) is 13.1. The molecule has 0 aliphatic heterocycles. The Balaban J connectivity index is 3.89. The average Bonchev–Trinajstić information content (AvgIpc) is 2.32. The lowest BCUT2D eigenvalue weighted by atomic mass is 10.2. The molecule has 0 aromatic rings. The molecule has 0 rings (SSSR count). The monoisotopic (exact) mass is 244 g/mol. The second-order valence-electron chi connectivity index (χ2n) is 4.02. The van der Waals surface area contributed by atoms with Crippen molar-refractivity contribution in [3.05, 3.63) is 0 Å². The first kappa shape index (κ1) is 15.9. The molecule has 0 saturated carbocycles. The van der Waals surface area contributed by atoms with Crippen molar-refractivity contribution in [3.63, 3.8) is 0 Å². The Morgan fingerprint density at radius 3 is 1.59 bits per heavy atom. The van der Waals surface area contributed by atoms with Crippen molar-refractivity contribution in [2.75, 3.05) is 0 Å². The molecule has 0 aliphatic rings. The predicted octanol–water partition coefficient (Wildman–Crippen LogP) is 3.19. The molecule has 0 fully saturated rings. The topological polar surface area (TPSA) is 52.6 Å². The maximum absolute atomic E-state index is 11.4. The summed E-state index contributed by atoms with van der Waals surface area (Å²) < 4.78 is 10.1. The van der Waals surface area contributed by atoms with Crippen LogP contribution in [0.25, 0.3) is 0 Å². The maximum Gasteiger partial charge on any atom is 0.308 e. The van der Waals surface area contributed by atoms with Crippen LogP contribution in [0.5, 0.6) is 0 Å². The summed E-state index contributed by atoms with van der Waals surface area (Å²) in [6.45, 7) is 5.84. The molecule has 0 radical (unpaired) electrons. The summed E-state index contributed by atoms with van der Waals surface area (Å²) in [6, 6.07) is 0. The fraction of sp³-hybridized carbons (Fsp3) is 0.846. The lowest BCUT2D eigenvalue weighted by molar-refractivity contribution is -0.188. The minimum absolute atomic E-state index is 0.290. The summed E-state index contributed by atoms with van der Waals surface area (Å²) >= 11 is 0. The minimum atomic E-state index is -0.719. The van der Waals surface area contributed by atoms with Crippen LogP contribution in [0, 0.1) is 0 Å². The number of esters is 2. The summed E-state index contributed by atoms with van der Waals surface area (Å²) in [6.07, 6.45) is 4.06. The molecule has 0 aliphatic carbocycles. The Bertz CT molecular complexity index is 203. The number of carbonyl (C=O) groups excluding carboxylic acids is 2. The van der Waals surface area contributed by atoms with E-state index >= 15 is 0 Å². The predicted molar refractivity (Wildman–Crippen MR) is 65.3 cm³/mol. The second kappa shape index (κ2) is 10.1. The molecular formula is C13H24O4. The van der Waals surface area contributed by atoms with Crippen molar-refractivity contribution in [1.29, 1.82) is 0 Å². The van der Waals surface area contributed by atoms with Crippen LogP contribution in [0.2, 0.25) is 0 Å². The molecule has 0 heterocycles. The molecule has 0 unspecified atom stereocenters. The van der Waals surface area contributed by atoms with Gasteiger partial charge in [-0.2, -0.15) is 0 Å². The second-order valence-corrected chi connectivity index (χ2v) is 4.02. The summed E-state index contributed by atoms with van der Waals surface area (Å²) in [5, 5.41) is 0. The van der Waals surface area contributed by atoms with Gasteiger partial charge in [0.1, 0.15) is 0 Å². The number of rotatable bonds is 9. The van der Waals surface area contributed by atoms with Gasteiger partial charge in [0.2, 0.25) is 6.29 Å². The number of hydrogen-bond acceptors (Lipinski definition) is 4. The molecule has 0 aromatic heterocycles. The van der Waals surface area contributed by atoms with Crippen LogP contribution in [0.15, 0.2) is 0 Å². The van der Waals surface area contributed by atoms with Crippen molar-refractivity contribution < 1.29 is 19.1 Å². The van der Waals surface area contributed by atoms with E-state index in [0.717, 1.165) is 25.7 Å². The molecule has 0 amide bonds. The molecule has 0 spiro atoms. The molecule has 0 saturated heterocycles. The van der Waals surface area contributed by atoms with E-state index in [2.05, 4.69) is 0 Å². The number of carbonyl (C=O) groups is 2. The highest BCUT2D eigenvalue weighted by molar-refractivity contribution is 5.71. The van der Waals surface area contributed by atoms with E-state index in [4.69, 9.17) is 9.47 Å². The van der Waals surface area contributed by atoms with E-state index in [0.29, 0.717) is 19.3 Å². The van der Waals surface area contributed by atoms with Gasteiger partial charge in [0.25, 0.3) is 0 Å². The summed E-state index contributed by atoms with van der Waals surface area (Å²) in [4.78, 5) is 22.7. The van der Waals surface area contributed by atoms with Gasteiger partial charge in [0, 0.05) is 19.3 Å². The molecule has 4 heteroatoms. The van der Waals surface area contributed by atoms with Crippen molar-refractivity contribution in [1.82, 2.24) is 0 Å². The van der Waals surface area contributed by atoms with Crippen LogP contribution in [0.4, 0.5) is 0 Å². The third-order valence-electron chi connectivity index (χ3n) is 2.33. The van der Waals surface area contributed by atoms with Crippen LogP contribution in [0.1, 0.15) is 65.7 Å². The molecule has 100 valence electrons. The van der Waals surface area contributed by atoms with Gasteiger partial charge >= 0.3 is 11.9 Å². The molecular weight excluding hydrogens is 220 g/mol. The highest BCUT2D eigenvalue weighted by atomic mass is 16.7. The van der Waals surface area contributed by atoms with Crippen LogP contribution in [-0.2, 0) is 19.1 Å². The molecule has 0 N–H and O–H groups in total. The van der Waals surface area contributed by atoms with Gasteiger partial charge in [0.05, 0.1) is 0 Å². The first-order valence-corrected chi connectivity index (χ1v) is 6.52. The molecule has 0 atom stereocenters. The zero-order valence-electron chi connectivity index (χ0n) is 11.2. The third kappa shape index (κ3) is 8.72. The Morgan fingerprint density at radius 2 is 1.29 bits per heavy atom. The first-order chi connectivity index (χ1) is 8.13.